The predicted octanol–water partition coefficient (Wildman–Crippen LogP) is 2.29. The first-order valence-corrected chi connectivity index (χ1v) is 9.20. The molecule has 8 heteroatoms. The summed E-state index contributed by atoms with van der Waals surface area (Å²) in [5, 5.41) is 36.8. The van der Waals surface area contributed by atoms with Crippen LogP contribution in [0.1, 0.15) is 24.5 Å². The molecular formula is C20H20FN3O3S. The summed E-state index contributed by atoms with van der Waals surface area (Å²) in [5.41, 5.74) is -0.117. The van der Waals surface area contributed by atoms with Crippen LogP contribution >= 0.6 is 11.9 Å². The lowest BCUT2D eigenvalue weighted by Crippen LogP contribution is -2.35. The molecule has 0 spiro atoms. The highest BCUT2D eigenvalue weighted by molar-refractivity contribution is 7.97. The first-order chi connectivity index (χ1) is 13.4. The lowest BCUT2D eigenvalue weighted by atomic mass is 10.1. The van der Waals surface area contributed by atoms with Crippen molar-refractivity contribution in [3.05, 3.63) is 53.5 Å². The minimum atomic E-state index is -0.958. The van der Waals surface area contributed by atoms with Gasteiger partial charge in [-0.05, 0) is 49.6 Å². The van der Waals surface area contributed by atoms with E-state index in [1.807, 2.05) is 16.4 Å². The monoisotopic (exact) mass is 401 g/mol. The van der Waals surface area contributed by atoms with E-state index in [1.54, 1.807) is 19.2 Å². The third kappa shape index (κ3) is 6.22. The van der Waals surface area contributed by atoms with Crippen molar-refractivity contribution < 1.29 is 19.7 Å². The first-order valence-electron chi connectivity index (χ1n) is 8.43. The molecule has 2 heterocycles. The fourth-order valence-electron chi connectivity index (χ4n) is 2.41. The summed E-state index contributed by atoms with van der Waals surface area (Å²) >= 11 is 1.50. The smallest absolute Gasteiger partial charge is 0.144 e. The molecular weight excluding hydrogens is 381 g/mol. The topological polar surface area (TPSA) is 101 Å². The van der Waals surface area contributed by atoms with Gasteiger partial charge in [-0.15, -0.1) is 5.92 Å². The number of pyridine rings is 1. The number of hydrogen-bond donors (Lipinski definition) is 3. The van der Waals surface area contributed by atoms with Crippen LogP contribution in [0.15, 0.2) is 41.6 Å². The second-order valence-corrected chi connectivity index (χ2v) is 7.24. The van der Waals surface area contributed by atoms with Gasteiger partial charge in [0.15, 0.2) is 0 Å². The summed E-state index contributed by atoms with van der Waals surface area (Å²) in [6, 6.07) is 8.88. The molecule has 3 N–H and O–H groups in total. The van der Waals surface area contributed by atoms with Crippen molar-refractivity contribution in [3.8, 4) is 23.7 Å². The summed E-state index contributed by atoms with van der Waals surface area (Å²) < 4.78 is 14.5. The summed E-state index contributed by atoms with van der Waals surface area (Å²) in [7, 11) is 0. The van der Waals surface area contributed by atoms with Gasteiger partial charge in [0.25, 0.3) is 0 Å². The largest absolute Gasteiger partial charge is 0.508 e. The molecule has 2 aromatic rings. The van der Waals surface area contributed by atoms with E-state index in [-0.39, 0.29) is 17.9 Å². The molecule has 0 saturated carbocycles. The molecule has 6 nitrogen and oxygen atoms in total. The molecule has 28 heavy (non-hydrogen) atoms. The molecule has 3 rings (SSSR count). The summed E-state index contributed by atoms with van der Waals surface area (Å²) in [4.78, 5) is 4.31. The molecule has 0 radical (unpaired) electrons. The van der Waals surface area contributed by atoms with Crippen molar-refractivity contribution in [2.75, 3.05) is 19.7 Å². The van der Waals surface area contributed by atoms with Crippen LogP contribution in [0.5, 0.6) is 5.75 Å². The number of rotatable bonds is 3. The van der Waals surface area contributed by atoms with Gasteiger partial charge in [0.2, 0.25) is 0 Å². The number of aromatic hydroxyl groups is 1. The SMILES string of the molecule is CC#Cc1ccc(SN2CCC(O)(CO)C2)nc1.N#Cc1ccc(O)cc1F. The average molecular weight is 401 g/mol. The Morgan fingerprint density at radius 3 is 2.68 bits per heavy atom. The van der Waals surface area contributed by atoms with Crippen LogP contribution in [-0.2, 0) is 0 Å². The Morgan fingerprint density at radius 1 is 1.36 bits per heavy atom. The van der Waals surface area contributed by atoms with E-state index >= 15 is 0 Å². The Bertz CT molecular complexity index is 906. The molecule has 1 aliphatic heterocycles. The van der Waals surface area contributed by atoms with Crippen molar-refractivity contribution in [1.29, 1.82) is 5.26 Å². The highest BCUT2D eigenvalue weighted by Crippen LogP contribution is 2.30. The van der Waals surface area contributed by atoms with E-state index in [1.165, 1.54) is 24.1 Å². The zero-order valence-electron chi connectivity index (χ0n) is 15.3. The number of nitrogens with zero attached hydrogens (tertiary/aromatic N) is 3. The highest BCUT2D eigenvalue weighted by atomic mass is 32.2. The number of β-amino-alcohol motifs (C(OH)–C–C–N with tert-alkyl or cyclic N) is 1. The first kappa shape index (κ1) is 21.7. The molecule has 1 aromatic carbocycles. The molecule has 1 aliphatic rings. The van der Waals surface area contributed by atoms with Gasteiger partial charge in [0.05, 0.1) is 12.2 Å². The third-order valence-corrected chi connectivity index (χ3v) is 4.89. The molecule has 1 fully saturated rings. The number of aromatic nitrogens is 1. The fourth-order valence-corrected chi connectivity index (χ4v) is 3.39. The number of aliphatic hydroxyl groups is 2. The molecule has 1 aromatic heterocycles. The van der Waals surface area contributed by atoms with E-state index < -0.39 is 11.4 Å². The summed E-state index contributed by atoms with van der Waals surface area (Å²) in [6.07, 6.45) is 2.34. The number of phenols is 1. The van der Waals surface area contributed by atoms with Crippen LogP contribution in [0, 0.1) is 29.0 Å². The van der Waals surface area contributed by atoms with Crippen LogP contribution in [0.3, 0.4) is 0 Å². The van der Waals surface area contributed by atoms with Crippen molar-refractivity contribution >= 4 is 11.9 Å². The second kappa shape index (κ2) is 10.1. The van der Waals surface area contributed by atoms with E-state index in [9.17, 15) is 9.50 Å². The number of hydrogen-bond acceptors (Lipinski definition) is 7. The van der Waals surface area contributed by atoms with Gasteiger partial charge in [0.1, 0.15) is 28.3 Å². The average Bonchev–Trinajstić information content (AvgIpc) is 3.06. The third-order valence-electron chi connectivity index (χ3n) is 3.89. The van der Waals surface area contributed by atoms with Crippen molar-refractivity contribution in [2.24, 2.45) is 0 Å². The Morgan fingerprint density at radius 2 is 2.14 bits per heavy atom. The number of benzene rings is 1. The number of halogens is 1. The molecule has 1 atom stereocenters. The minimum absolute atomic E-state index is 0.0576. The van der Waals surface area contributed by atoms with Gasteiger partial charge >= 0.3 is 0 Å². The van der Waals surface area contributed by atoms with Crippen molar-refractivity contribution in [3.63, 3.8) is 0 Å². The van der Waals surface area contributed by atoms with E-state index in [2.05, 4.69) is 16.8 Å². The molecule has 1 unspecified atom stereocenters. The Hall–Kier alpha value is -2.62. The lowest BCUT2D eigenvalue weighted by Gasteiger charge is -2.19. The van der Waals surface area contributed by atoms with Crippen LogP contribution in [0.4, 0.5) is 4.39 Å². The van der Waals surface area contributed by atoms with Crippen LogP contribution in [0.2, 0.25) is 0 Å². The predicted molar refractivity (Wildman–Crippen MR) is 104 cm³/mol. The van der Waals surface area contributed by atoms with Gasteiger partial charge in [-0.3, -0.25) is 0 Å². The molecule has 146 valence electrons. The fraction of sp³-hybridized carbons (Fsp3) is 0.300. The quantitative estimate of drug-likeness (QED) is 0.536. The minimum Gasteiger partial charge on any atom is -0.508 e. The van der Waals surface area contributed by atoms with Gasteiger partial charge in [0, 0.05) is 30.9 Å². The zero-order chi connectivity index (χ0) is 20.6. The second-order valence-electron chi connectivity index (χ2n) is 6.12. The van der Waals surface area contributed by atoms with E-state index in [4.69, 9.17) is 15.5 Å². The van der Waals surface area contributed by atoms with E-state index in [0.717, 1.165) is 23.2 Å². The molecule has 0 bridgehead atoms. The number of nitriles is 1. The van der Waals surface area contributed by atoms with Gasteiger partial charge < -0.3 is 15.3 Å². The van der Waals surface area contributed by atoms with Crippen LogP contribution < -0.4 is 0 Å². The van der Waals surface area contributed by atoms with Crippen molar-refractivity contribution in [2.45, 2.75) is 24.0 Å². The van der Waals surface area contributed by atoms with Gasteiger partial charge in [-0.1, -0.05) is 5.92 Å². The van der Waals surface area contributed by atoms with Gasteiger partial charge in [-0.25, -0.2) is 13.7 Å². The Labute approximate surface area is 167 Å². The summed E-state index contributed by atoms with van der Waals surface area (Å²) in [5.74, 6) is 4.91. The standard InChI is InChI=1S/C13H16N2O2S.C7H4FNO/c1-2-3-11-4-5-12(14-8-11)18-15-7-6-13(17,9-15)10-16;8-7-3-6(10)2-1-5(7)4-9/h4-5,8,16-17H,6-7,9-10H2,1H3;1-3,10H. The molecule has 1 saturated heterocycles. The van der Waals surface area contributed by atoms with Crippen LogP contribution in [0.25, 0.3) is 0 Å². The highest BCUT2D eigenvalue weighted by Gasteiger charge is 2.35. The maximum atomic E-state index is 12.5. The summed E-state index contributed by atoms with van der Waals surface area (Å²) in [6.45, 7) is 2.82. The van der Waals surface area contributed by atoms with E-state index in [0.29, 0.717) is 13.0 Å². The normalized spacial score (nSPS) is 18.4. The lowest BCUT2D eigenvalue weighted by molar-refractivity contribution is -0.000273. The maximum Gasteiger partial charge on any atom is 0.144 e. The van der Waals surface area contributed by atoms with Gasteiger partial charge in [-0.2, -0.15) is 5.26 Å². The zero-order valence-corrected chi connectivity index (χ0v) is 16.1. The van der Waals surface area contributed by atoms with Crippen molar-refractivity contribution in [1.82, 2.24) is 9.29 Å². The number of aliphatic hydroxyl groups excluding tert-OH is 1. The van der Waals surface area contributed by atoms with Crippen LogP contribution in [-0.4, -0.2) is 49.9 Å². The Kier molecular flexibility index (Phi) is 7.80. The number of phenolic OH excluding ortho intramolecular Hbond substituents is 1. The Balaban J connectivity index is 0.000000237. The molecule has 0 amide bonds. The molecule has 0 aliphatic carbocycles. The maximum absolute atomic E-state index is 12.5.